The molecule has 1 aromatic rings. The number of hydrogen-bond acceptors (Lipinski definition) is 1. The van der Waals surface area contributed by atoms with E-state index in [2.05, 4.69) is 5.10 Å². The average molecular weight is 93.9 g/mol. The second-order valence-electron chi connectivity index (χ2n) is 1.69. The van der Waals surface area contributed by atoms with Gasteiger partial charge in [0.15, 0.2) is 0 Å². The van der Waals surface area contributed by atoms with Crippen LogP contribution in [0.3, 0.4) is 0 Å². The van der Waals surface area contributed by atoms with Crippen molar-refractivity contribution >= 4 is 7.98 Å². The molecule has 0 saturated carbocycles. The molecule has 0 aliphatic carbocycles. The Morgan fingerprint density at radius 1 is 1.86 bits per heavy atom. The molecule has 0 saturated heterocycles. The summed E-state index contributed by atoms with van der Waals surface area (Å²) in [6.45, 7) is 2.02. The largest absolute Gasteiger partial charge is 0.326 e. The van der Waals surface area contributed by atoms with Crippen molar-refractivity contribution in [2.45, 2.75) is 6.92 Å². The van der Waals surface area contributed by atoms with E-state index in [9.17, 15) is 0 Å². The van der Waals surface area contributed by atoms with Gasteiger partial charge in [0.1, 0.15) is 0 Å². The number of rotatable bonds is 0. The van der Waals surface area contributed by atoms with Gasteiger partial charge in [0.2, 0.25) is 7.98 Å². The topological polar surface area (TPSA) is 17.8 Å². The maximum Gasteiger partial charge on any atom is 0.248 e. The summed E-state index contributed by atoms with van der Waals surface area (Å²) in [4.78, 5) is 0. The molecule has 7 heavy (non-hydrogen) atoms. The van der Waals surface area contributed by atoms with Gasteiger partial charge in [-0.15, -0.1) is 0 Å². The standard InChI is InChI=1S/C4H7BN2/c1-4-2-6-7(5)3-4/h2-3H,5H2,1H3. The summed E-state index contributed by atoms with van der Waals surface area (Å²) in [5.41, 5.74) is 1.21. The molecule has 0 bridgehead atoms. The van der Waals surface area contributed by atoms with Gasteiger partial charge in [0.25, 0.3) is 0 Å². The van der Waals surface area contributed by atoms with Crippen LogP contribution in [0.15, 0.2) is 12.4 Å². The Bertz CT molecular complexity index is 142. The van der Waals surface area contributed by atoms with Gasteiger partial charge in [-0.05, 0) is 12.5 Å². The second kappa shape index (κ2) is 1.41. The molecule has 0 N–H and O–H groups in total. The zero-order valence-corrected chi connectivity index (χ0v) is 4.55. The average Bonchev–Trinajstić information content (AvgIpc) is 1.87. The van der Waals surface area contributed by atoms with Crippen LogP contribution in [0.2, 0.25) is 0 Å². The predicted octanol–water partition coefficient (Wildman–Crippen LogP) is -0.412. The summed E-state index contributed by atoms with van der Waals surface area (Å²) in [7, 11) is 1.91. The minimum Gasteiger partial charge on any atom is -0.326 e. The van der Waals surface area contributed by atoms with Crippen LogP contribution >= 0.6 is 0 Å². The highest BCUT2D eigenvalue weighted by Gasteiger charge is 1.81. The van der Waals surface area contributed by atoms with Gasteiger partial charge in [-0.2, -0.15) is 5.10 Å². The van der Waals surface area contributed by atoms with E-state index in [-0.39, 0.29) is 0 Å². The highest BCUT2D eigenvalue weighted by atomic mass is 15.2. The molecule has 1 rings (SSSR count). The monoisotopic (exact) mass is 94.1 g/mol. The summed E-state index contributed by atoms with van der Waals surface area (Å²) in [6.07, 6.45) is 3.81. The Balaban J connectivity index is 3.04. The number of hydrogen-bond donors (Lipinski definition) is 0. The molecule has 0 aliphatic heterocycles. The molecule has 1 heterocycles. The van der Waals surface area contributed by atoms with Crippen LogP contribution in [0.4, 0.5) is 0 Å². The Kier molecular flexibility index (Phi) is 0.892. The number of aryl methyl sites for hydroxylation is 1. The highest BCUT2D eigenvalue weighted by Crippen LogP contribution is 1.88. The molecule has 0 aromatic carbocycles. The van der Waals surface area contributed by atoms with E-state index in [1.807, 2.05) is 27.3 Å². The molecule has 0 unspecified atom stereocenters. The third-order valence-corrected chi connectivity index (χ3v) is 0.834. The van der Waals surface area contributed by atoms with Crippen molar-refractivity contribution in [2.75, 3.05) is 0 Å². The molecule has 0 spiro atoms. The van der Waals surface area contributed by atoms with Gasteiger partial charge in [-0.3, -0.25) is 0 Å². The van der Waals surface area contributed by atoms with Gasteiger partial charge >= 0.3 is 0 Å². The minimum atomic E-state index is 1.21. The minimum absolute atomic E-state index is 1.21. The fourth-order valence-corrected chi connectivity index (χ4v) is 0.544. The van der Waals surface area contributed by atoms with Crippen molar-refractivity contribution < 1.29 is 0 Å². The quantitative estimate of drug-likeness (QED) is 0.399. The highest BCUT2D eigenvalue weighted by molar-refractivity contribution is 6.05. The van der Waals surface area contributed by atoms with E-state index in [1.165, 1.54) is 5.56 Å². The molecule has 0 atom stereocenters. The zero-order chi connectivity index (χ0) is 5.28. The van der Waals surface area contributed by atoms with E-state index in [0.29, 0.717) is 0 Å². The summed E-state index contributed by atoms with van der Waals surface area (Å²) < 4.78 is 1.79. The van der Waals surface area contributed by atoms with Crippen molar-refractivity contribution in [2.24, 2.45) is 0 Å². The zero-order valence-electron chi connectivity index (χ0n) is 4.55. The Labute approximate surface area is 43.6 Å². The van der Waals surface area contributed by atoms with Gasteiger partial charge < -0.3 is 4.59 Å². The lowest BCUT2D eigenvalue weighted by molar-refractivity contribution is 0.991. The summed E-state index contributed by atoms with van der Waals surface area (Å²) in [5.74, 6) is 0. The van der Waals surface area contributed by atoms with Crippen molar-refractivity contribution in [3.05, 3.63) is 18.0 Å². The van der Waals surface area contributed by atoms with Crippen LogP contribution in [0.1, 0.15) is 5.56 Å². The smallest absolute Gasteiger partial charge is 0.248 e. The lowest BCUT2D eigenvalue weighted by Gasteiger charge is -1.78. The van der Waals surface area contributed by atoms with Crippen LogP contribution in [0, 0.1) is 6.92 Å². The molecule has 0 radical (unpaired) electrons. The number of aromatic nitrogens is 2. The SMILES string of the molecule is Bn1cc(C)cn1. The molecule has 0 aliphatic rings. The predicted molar refractivity (Wildman–Crippen MR) is 30.9 cm³/mol. The molecule has 2 nitrogen and oxygen atoms in total. The maximum atomic E-state index is 3.93. The summed E-state index contributed by atoms with van der Waals surface area (Å²) in [5, 5.41) is 3.93. The molecule has 1 aromatic heterocycles. The molecule has 3 heteroatoms. The van der Waals surface area contributed by atoms with E-state index in [0.717, 1.165) is 0 Å². The Hall–Kier alpha value is -0.725. The van der Waals surface area contributed by atoms with Gasteiger partial charge in [0, 0.05) is 6.20 Å². The fraction of sp³-hybridized carbons (Fsp3) is 0.250. The van der Waals surface area contributed by atoms with E-state index in [1.54, 1.807) is 4.59 Å². The van der Waals surface area contributed by atoms with Crippen LogP contribution in [0.25, 0.3) is 0 Å². The molecular formula is C4H7BN2. The number of nitrogens with zero attached hydrogens (tertiary/aromatic N) is 2. The van der Waals surface area contributed by atoms with Crippen molar-refractivity contribution in [1.29, 1.82) is 0 Å². The third kappa shape index (κ3) is 0.826. The lowest BCUT2D eigenvalue weighted by Crippen LogP contribution is -1.88. The van der Waals surface area contributed by atoms with E-state index in [4.69, 9.17) is 0 Å². The van der Waals surface area contributed by atoms with Crippen molar-refractivity contribution in [1.82, 2.24) is 9.69 Å². The molecule has 36 valence electrons. The van der Waals surface area contributed by atoms with Gasteiger partial charge in [-0.1, -0.05) is 0 Å². The molecule has 0 fully saturated rings. The summed E-state index contributed by atoms with van der Waals surface area (Å²) in [6, 6.07) is 0. The van der Waals surface area contributed by atoms with E-state index >= 15 is 0 Å². The molecule has 0 amide bonds. The normalized spacial score (nSPS) is 9.29. The molecular weight excluding hydrogens is 86.9 g/mol. The Morgan fingerprint density at radius 3 is 2.71 bits per heavy atom. The van der Waals surface area contributed by atoms with Crippen molar-refractivity contribution in [3.63, 3.8) is 0 Å². The first kappa shape index (κ1) is 4.43. The van der Waals surface area contributed by atoms with Crippen LogP contribution in [-0.2, 0) is 0 Å². The van der Waals surface area contributed by atoms with Crippen LogP contribution < -0.4 is 0 Å². The first-order chi connectivity index (χ1) is 3.29. The third-order valence-electron chi connectivity index (χ3n) is 0.834. The second-order valence-corrected chi connectivity index (χ2v) is 1.69. The summed E-state index contributed by atoms with van der Waals surface area (Å²) >= 11 is 0. The van der Waals surface area contributed by atoms with Crippen LogP contribution in [0.5, 0.6) is 0 Å². The van der Waals surface area contributed by atoms with Crippen LogP contribution in [-0.4, -0.2) is 17.7 Å². The lowest BCUT2D eigenvalue weighted by atomic mass is 10.4. The Morgan fingerprint density at radius 2 is 2.57 bits per heavy atom. The maximum absolute atomic E-state index is 3.93. The van der Waals surface area contributed by atoms with Gasteiger partial charge in [0.05, 0.1) is 6.20 Å². The van der Waals surface area contributed by atoms with Gasteiger partial charge in [-0.25, -0.2) is 0 Å². The van der Waals surface area contributed by atoms with E-state index < -0.39 is 0 Å². The van der Waals surface area contributed by atoms with Crippen molar-refractivity contribution in [3.8, 4) is 0 Å². The first-order valence-electron chi connectivity index (χ1n) is 2.24. The first-order valence-corrected chi connectivity index (χ1v) is 2.24. The fourth-order valence-electron chi connectivity index (χ4n) is 0.544.